The summed E-state index contributed by atoms with van der Waals surface area (Å²) in [5.41, 5.74) is 2.17. The van der Waals surface area contributed by atoms with E-state index in [9.17, 15) is 9.59 Å². The normalized spacial score (nSPS) is 22.5. The average molecular weight is 455 g/mol. The number of amides is 2. The topological polar surface area (TPSA) is 84.0 Å². The molecule has 1 aromatic heterocycles. The number of methoxy groups -OCH3 is 1. The quantitative estimate of drug-likeness (QED) is 0.765. The van der Waals surface area contributed by atoms with Crippen LogP contribution in [0, 0.1) is 5.92 Å². The van der Waals surface area contributed by atoms with Gasteiger partial charge in [0.25, 0.3) is 5.91 Å². The summed E-state index contributed by atoms with van der Waals surface area (Å²) in [5.74, 6) is 0.313. The molecule has 3 rings (SSSR count). The molecule has 8 heteroatoms. The smallest absolute Gasteiger partial charge is 0.257 e. The van der Waals surface area contributed by atoms with E-state index < -0.39 is 0 Å². The van der Waals surface area contributed by atoms with Gasteiger partial charge in [-0.05, 0) is 36.6 Å². The molecule has 2 aromatic rings. The van der Waals surface area contributed by atoms with Crippen molar-refractivity contribution in [3.8, 4) is 5.75 Å². The number of nitrogens with one attached hydrogen (secondary N) is 1. The lowest BCUT2D eigenvalue weighted by Gasteiger charge is -2.36. The van der Waals surface area contributed by atoms with Gasteiger partial charge in [-0.1, -0.05) is 13.0 Å². The maximum Gasteiger partial charge on any atom is 0.257 e. The summed E-state index contributed by atoms with van der Waals surface area (Å²) in [6, 6.07) is 9.20. The first-order valence-corrected chi connectivity index (χ1v) is 11.2. The predicted octanol–water partition coefficient (Wildman–Crippen LogP) is 3.05. The fraction of sp³-hybridized carbons (Fsp3) is 0.480. The molecular weight excluding hydrogens is 420 g/mol. The van der Waals surface area contributed by atoms with Gasteiger partial charge in [-0.3, -0.25) is 19.5 Å². The van der Waals surface area contributed by atoms with Crippen LogP contribution in [0.5, 0.6) is 5.75 Å². The highest BCUT2D eigenvalue weighted by atomic mass is 16.5. The molecule has 0 saturated carbocycles. The predicted molar refractivity (Wildman–Crippen MR) is 127 cm³/mol. The molecule has 178 valence electrons. The average Bonchev–Trinajstić information content (AvgIpc) is 2.79. The van der Waals surface area contributed by atoms with E-state index in [1.807, 2.05) is 12.3 Å². The van der Waals surface area contributed by atoms with Gasteiger partial charge in [0.1, 0.15) is 12.4 Å². The summed E-state index contributed by atoms with van der Waals surface area (Å²) in [5, 5.41) is 2.76. The minimum absolute atomic E-state index is 0.0645. The molecule has 8 nitrogen and oxygen atoms in total. The molecule has 0 spiro atoms. The molecule has 3 atom stereocenters. The number of benzene rings is 1. The molecule has 0 bridgehead atoms. The van der Waals surface area contributed by atoms with Crippen LogP contribution >= 0.6 is 0 Å². The molecule has 1 aromatic carbocycles. The summed E-state index contributed by atoms with van der Waals surface area (Å²) in [6.45, 7) is 8.06. The number of carbonyl (C=O) groups excluding carboxylic acids is 2. The van der Waals surface area contributed by atoms with Crippen molar-refractivity contribution in [3.05, 3.63) is 53.9 Å². The van der Waals surface area contributed by atoms with Crippen molar-refractivity contribution in [2.75, 3.05) is 39.2 Å². The van der Waals surface area contributed by atoms with Crippen molar-refractivity contribution in [2.45, 2.75) is 39.5 Å². The Labute approximate surface area is 195 Å². The Balaban J connectivity index is 1.94. The molecular formula is C25H34N4O4. The SMILES string of the molecule is CO[C@@H]1CN(C)C(=O)c2ccc(NC(C)=O)cc2OC[C@H](C)N(Cc2cccnc2)C[C@H]1C. The number of pyridine rings is 1. The summed E-state index contributed by atoms with van der Waals surface area (Å²) < 4.78 is 12.0. The Morgan fingerprint density at radius 1 is 1.27 bits per heavy atom. The van der Waals surface area contributed by atoms with Crippen LogP contribution in [0.25, 0.3) is 0 Å². The van der Waals surface area contributed by atoms with E-state index in [0.29, 0.717) is 30.2 Å². The van der Waals surface area contributed by atoms with Gasteiger partial charge in [0.2, 0.25) is 5.91 Å². The summed E-state index contributed by atoms with van der Waals surface area (Å²) in [6.07, 6.45) is 3.53. The fourth-order valence-corrected chi connectivity index (χ4v) is 4.07. The first kappa shape index (κ1) is 24.7. The number of hydrogen-bond donors (Lipinski definition) is 1. The molecule has 0 saturated heterocycles. The first-order chi connectivity index (χ1) is 15.8. The molecule has 0 aliphatic carbocycles. The van der Waals surface area contributed by atoms with Crippen LogP contribution in [0.3, 0.4) is 0 Å². The molecule has 0 fully saturated rings. The molecule has 33 heavy (non-hydrogen) atoms. The second-order valence-electron chi connectivity index (χ2n) is 8.78. The zero-order valence-corrected chi connectivity index (χ0v) is 20.1. The molecule has 1 N–H and O–H groups in total. The van der Waals surface area contributed by atoms with Crippen molar-refractivity contribution >= 4 is 17.5 Å². The van der Waals surface area contributed by atoms with Crippen molar-refractivity contribution in [1.29, 1.82) is 0 Å². The maximum absolute atomic E-state index is 13.2. The van der Waals surface area contributed by atoms with Crippen LogP contribution in [0.2, 0.25) is 0 Å². The fourth-order valence-electron chi connectivity index (χ4n) is 4.07. The van der Waals surface area contributed by atoms with Crippen LogP contribution < -0.4 is 10.1 Å². The molecule has 1 aliphatic rings. The standard InChI is InChI=1S/C25H34N4O4/c1-17-13-29(14-20-7-6-10-26-12-20)18(2)16-33-23-11-21(27-19(3)30)8-9-22(23)25(31)28(4)15-24(17)32-5/h6-12,17-18,24H,13-16H2,1-5H3,(H,27,30)/t17-,18+,24-/m1/s1. The Morgan fingerprint density at radius 2 is 2.06 bits per heavy atom. The van der Waals surface area contributed by atoms with E-state index in [1.54, 1.807) is 43.5 Å². The molecule has 2 heterocycles. The van der Waals surface area contributed by atoms with Gasteiger partial charge in [-0.15, -0.1) is 0 Å². The number of nitrogens with zero attached hydrogens (tertiary/aromatic N) is 3. The second kappa shape index (κ2) is 11.2. The zero-order chi connectivity index (χ0) is 24.0. The second-order valence-corrected chi connectivity index (χ2v) is 8.78. The maximum atomic E-state index is 13.2. The van der Waals surface area contributed by atoms with Crippen LogP contribution in [-0.4, -0.2) is 72.6 Å². The summed E-state index contributed by atoms with van der Waals surface area (Å²) >= 11 is 0. The molecule has 0 unspecified atom stereocenters. The Hall–Kier alpha value is -2.97. The minimum atomic E-state index is -0.181. The minimum Gasteiger partial charge on any atom is -0.491 e. The summed E-state index contributed by atoms with van der Waals surface area (Å²) in [7, 11) is 3.46. The Kier molecular flexibility index (Phi) is 8.41. The molecule has 1 aliphatic heterocycles. The van der Waals surface area contributed by atoms with Gasteiger partial charge >= 0.3 is 0 Å². The van der Waals surface area contributed by atoms with Crippen molar-refractivity contribution in [3.63, 3.8) is 0 Å². The van der Waals surface area contributed by atoms with E-state index in [4.69, 9.17) is 9.47 Å². The third-order valence-corrected chi connectivity index (χ3v) is 6.00. The van der Waals surface area contributed by atoms with Crippen LogP contribution in [-0.2, 0) is 16.1 Å². The monoisotopic (exact) mass is 454 g/mol. The lowest BCUT2D eigenvalue weighted by Crippen LogP contribution is -2.46. The van der Waals surface area contributed by atoms with E-state index in [2.05, 4.69) is 35.1 Å². The zero-order valence-electron chi connectivity index (χ0n) is 20.1. The Morgan fingerprint density at radius 3 is 2.73 bits per heavy atom. The number of ether oxygens (including phenoxy) is 2. The van der Waals surface area contributed by atoms with E-state index in [-0.39, 0.29) is 29.9 Å². The van der Waals surface area contributed by atoms with E-state index in [1.165, 1.54) is 6.92 Å². The molecule has 2 amide bonds. The number of hydrogen-bond acceptors (Lipinski definition) is 6. The summed E-state index contributed by atoms with van der Waals surface area (Å²) in [4.78, 5) is 33.0. The van der Waals surface area contributed by atoms with Crippen molar-refractivity contribution < 1.29 is 19.1 Å². The van der Waals surface area contributed by atoms with Crippen LogP contribution in [0.15, 0.2) is 42.7 Å². The lowest BCUT2D eigenvalue weighted by molar-refractivity contribution is -0.114. The third kappa shape index (κ3) is 6.52. The van der Waals surface area contributed by atoms with Gasteiger partial charge in [0, 0.05) is 70.9 Å². The number of anilines is 1. The van der Waals surface area contributed by atoms with Gasteiger partial charge < -0.3 is 19.7 Å². The lowest BCUT2D eigenvalue weighted by atomic mass is 10.0. The van der Waals surface area contributed by atoms with Gasteiger partial charge in [0.05, 0.1) is 11.7 Å². The highest BCUT2D eigenvalue weighted by Crippen LogP contribution is 2.27. The van der Waals surface area contributed by atoms with E-state index >= 15 is 0 Å². The number of fused-ring (bicyclic) bond motifs is 1. The number of aromatic nitrogens is 1. The van der Waals surface area contributed by atoms with Crippen molar-refractivity contribution in [2.24, 2.45) is 5.92 Å². The van der Waals surface area contributed by atoms with Gasteiger partial charge in [-0.25, -0.2) is 0 Å². The Bertz CT molecular complexity index is 953. The largest absolute Gasteiger partial charge is 0.491 e. The molecule has 0 radical (unpaired) electrons. The first-order valence-electron chi connectivity index (χ1n) is 11.2. The number of rotatable bonds is 4. The van der Waals surface area contributed by atoms with Crippen LogP contribution in [0.4, 0.5) is 5.69 Å². The number of carbonyl (C=O) groups is 2. The van der Waals surface area contributed by atoms with Gasteiger partial charge in [-0.2, -0.15) is 0 Å². The van der Waals surface area contributed by atoms with Gasteiger partial charge in [0.15, 0.2) is 0 Å². The van der Waals surface area contributed by atoms with Crippen molar-refractivity contribution in [1.82, 2.24) is 14.8 Å². The third-order valence-electron chi connectivity index (χ3n) is 6.00. The highest BCUT2D eigenvalue weighted by molar-refractivity contribution is 5.98. The number of likely N-dealkylation sites (N-methyl/N-ethyl adjacent to an activating group) is 1. The van der Waals surface area contributed by atoms with E-state index in [0.717, 1.165) is 18.7 Å². The van der Waals surface area contributed by atoms with Crippen LogP contribution in [0.1, 0.15) is 36.7 Å². The highest BCUT2D eigenvalue weighted by Gasteiger charge is 2.28.